The average Bonchev–Trinajstić information content (AvgIpc) is 3.13. The van der Waals surface area contributed by atoms with Gasteiger partial charge in [-0.05, 0) is 81.1 Å². The monoisotopic (exact) mass is 771 g/mol. The van der Waals surface area contributed by atoms with E-state index < -0.39 is 34.7 Å². The van der Waals surface area contributed by atoms with Crippen molar-refractivity contribution in [2.24, 2.45) is 11.3 Å². The number of carbonyl (C=O) groups excluding carboxylic acids is 2. The zero-order chi connectivity index (χ0) is 34.3. The molecule has 0 unspecified atom stereocenters. The third kappa shape index (κ3) is 5.58. The molecule has 49 heavy (non-hydrogen) atoms. The molecule has 0 bridgehead atoms. The fourth-order valence-corrected chi connectivity index (χ4v) is 8.73. The summed E-state index contributed by atoms with van der Waals surface area (Å²) in [5.74, 6) is -4.41. The fraction of sp³-hybridized carbons (Fsp3) is 0.167. The number of ether oxygens (including phenoxy) is 1. The van der Waals surface area contributed by atoms with Crippen molar-refractivity contribution in [2.75, 3.05) is 7.11 Å². The highest BCUT2D eigenvalue weighted by Gasteiger charge is 2.67. The standard InChI is InChI=1S/C42H31Br2NO4/c1-49-40(47)41(25-45)36(30-12-6-14-34(43)22-30)24-42(48,33-19-18-27-9-3-5-11-29(27)21-33)38(37(41)31-13-7-15-35(44)23-31)39(46)32-17-16-26-8-2-4-10-28(26)20-32/h2-23,36-38,48H,24H2,1H3/t36-,37+,38-,41+,42-/m0/s1. The first kappa shape index (κ1) is 32.9. The molecule has 0 amide bonds. The Hall–Kier alpha value is -4.61. The number of methoxy groups -OCH3 is 1. The van der Waals surface area contributed by atoms with Gasteiger partial charge < -0.3 is 9.84 Å². The van der Waals surface area contributed by atoms with Gasteiger partial charge >= 0.3 is 5.97 Å². The van der Waals surface area contributed by atoms with Gasteiger partial charge in [-0.1, -0.05) is 129 Å². The number of halogens is 2. The number of nitrogens with zero attached hydrogens (tertiary/aromatic N) is 1. The van der Waals surface area contributed by atoms with Gasteiger partial charge in [0.15, 0.2) is 11.2 Å². The Kier molecular flexibility index (Phi) is 8.74. The Balaban J connectivity index is 1.58. The number of nitriles is 1. The molecular weight excluding hydrogens is 742 g/mol. The molecule has 1 saturated carbocycles. The molecule has 5 atom stereocenters. The van der Waals surface area contributed by atoms with Crippen LogP contribution in [0.2, 0.25) is 0 Å². The number of aliphatic hydroxyl groups is 1. The molecule has 5 nitrogen and oxygen atoms in total. The Morgan fingerprint density at radius 3 is 1.92 bits per heavy atom. The summed E-state index contributed by atoms with van der Waals surface area (Å²) < 4.78 is 6.95. The van der Waals surface area contributed by atoms with E-state index in [1.807, 2.05) is 127 Å². The van der Waals surface area contributed by atoms with Crippen molar-refractivity contribution in [1.29, 1.82) is 5.26 Å². The van der Waals surface area contributed by atoms with Crippen LogP contribution in [0.4, 0.5) is 0 Å². The lowest BCUT2D eigenvalue weighted by molar-refractivity contribution is -0.162. The van der Waals surface area contributed by atoms with E-state index in [0.717, 1.165) is 26.0 Å². The number of esters is 1. The molecule has 0 heterocycles. The number of Topliss-reactive ketones (excluding diaryl/α,β-unsaturated/α-hetero) is 1. The van der Waals surface area contributed by atoms with E-state index in [1.54, 1.807) is 6.07 Å². The molecule has 0 aromatic heterocycles. The second-order valence-corrected chi connectivity index (χ2v) is 14.5. The van der Waals surface area contributed by atoms with Gasteiger partial charge in [-0.2, -0.15) is 5.26 Å². The zero-order valence-electron chi connectivity index (χ0n) is 26.5. The molecule has 1 aliphatic carbocycles. The molecule has 7 heteroatoms. The van der Waals surface area contributed by atoms with E-state index in [0.29, 0.717) is 26.7 Å². The number of ketones is 1. The Bertz CT molecular complexity index is 2300. The highest BCUT2D eigenvalue weighted by atomic mass is 79.9. The molecule has 6 aromatic rings. The van der Waals surface area contributed by atoms with Crippen molar-refractivity contribution in [1.82, 2.24) is 0 Å². The van der Waals surface area contributed by atoms with Crippen molar-refractivity contribution < 1.29 is 19.4 Å². The van der Waals surface area contributed by atoms with Crippen LogP contribution >= 0.6 is 31.9 Å². The minimum absolute atomic E-state index is 0.0983. The van der Waals surface area contributed by atoms with E-state index in [9.17, 15) is 15.2 Å². The highest BCUT2D eigenvalue weighted by molar-refractivity contribution is 9.10. The lowest BCUT2D eigenvalue weighted by Crippen LogP contribution is -2.59. The summed E-state index contributed by atoms with van der Waals surface area (Å²) in [4.78, 5) is 29.7. The summed E-state index contributed by atoms with van der Waals surface area (Å²) in [5.41, 5.74) is -1.61. The third-order valence-electron chi connectivity index (χ3n) is 10.1. The maximum Gasteiger partial charge on any atom is 0.327 e. The largest absolute Gasteiger partial charge is 0.468 e. The second kappa shape index (κ2) is 13.0. The van der Waals surface area contributed by atoms with Crippen LogP contribution in [-0.2, 0) is 15.1 Å². The quantitative estimate of drug-likeness (QED) is 0.135. The van der Waals surface area contributed by atoms with Crippen molar-refractivity contribution in [3.63, 3.8) is 0 Å². The summed E-state index contributed by atoms with van der Waals surface area (Å²) in [7, 11) is 1.27. The van der Waals surface area contributed by atoms with Crippen molar-refractivity contribution in [3.8, 4) is 6.07 Å². The predicted molar refractivity (Wildman–Crippen MR) is 198 cm³/mol. The van der Waals surface area contributed by atoms with Crippen LogP contribution in [0.3, 0.4) is 0 Å². The zero-order valence-corrected chi connectivity index (χ0v) is 29.7. The molecule has 0 aliphatic heterocycles. The Labute approximate surface area is 301 Å². The molecule has 6 aromatic carbocycles. The number of hydrogen-bond donors (Lipinski definition) is 1. The van der Waals surface area contributed by atoms with Gasteiger partial charge in [0.25, 0.3) is 0 Å². The van der Waals surface area contributed by atoms with E-state index >= 15 is 4.79 Å². The number of fused-ring (bicyclic) bond motifs is 2. The van der Waals surface area contributed by atoms with Gasteiger partial charge in [0, 0.05) is 26.3 Å². The maximum atomic E-state index is 15.3. The Morgan fingerprint density at radius 2 is 1.31 bits per heavy atom. The van der Waals surface area contributed by atoms with E-state index in [2.05, 4.69) is 37.9 Å². The smallest absolute Gasteiger partial charge is 0.327 e. The number of benzene rings is 6. The minimum atomic E-state index is -1.91. The van der Waals surface area contributed by atoms with Crippen LogP contribution in [0.25, 0.3) is 21.5 Å². The molecule has 0 spiro atoms. The predicted octanol–water partition coefficient (Wildman–Crippen LogP) is 9.86. The number of rotatable bonds is 6. The third-order valence-corrected chi connectivity index (χ3v) is 11.1. The van der Waals surface area contributed by atoms with E-state index in [-0.39, 0.29) is 12.2 Å². The highest BCUT2D eigenvalue weighted by Crippen LogP contribution is 2.64. The molecule has 242 valence electrons. The van der Waals surface area contributed by atoms with Gasteiger partial charge in [0.2, 0.25) is 0 Å². The molecule has 1 fully saturated rings. The maximum absolute atomic E-state index is 15.3. The van der Waals surface area contributed by atoms with Gasteiger partial charge in [-0.15, -0.1) is 0 Å². The average molecular weight is 774 g/mol. The van der Waals surface area contributed by atoms with Crippen LogP contribution in [0.5, 0.6) is 0 Å². The van der Waals surface area contributed by atoms with Gasteiger partial charge in [-0.25, -0.2) is 0 Å². The number of carbonyl (C=O) groups is 2. The normalized spacial score (nSPS) is 23.5. The van der Waals surface area contributed by atoms with Crippen LogP contribution in [-0.4, -0.2) is 24.0 Å². The van der Waals surface area contributed by atoms with Crippen molar-refractivity contribution >= 4 is 65.2 Å². The molecule has 7 rings (SSSR count). The molecular formula is C42H31Br2NO4. The summed E-state index contributed by atoms with van der Waals surface area (Å²) in [6.07, 6.45) is -0.0983. The SMILES string of the molecule is COC(=O)[C@@]1(C#N)[C@H](c2cccc(Br)c2)[C@@H](C(=O)c2ccc3ccccc3c2)[C@@](O)(c2ccc3ccccc3c2)C[C@H]1c1cccc(Br)c1. The van der Waals surface area contributed by atoms with Crippen molar-refractivity contribution in [2.45, 2.75) is 23.9 Å². The van der Waals surface area contributed by atoms with Gasteiger partial charge in [0.1, 0.15) is 5.60 Å². The summed E-state index contributed by atoms with van der Waals surface area (Å²) >= 11 is 7.16. The lowest BCUT2D eigenvalue weighted by Gasteiger charge is -2.54. The summed E-state index contributed by atoms with van der Waals surface area (Å²) in [6, 6.07) is 43.9. The van der Waals surface area contributed by atoms with Gasteiger partial charge in [-0.3, -0.25) is 9.59 Å². The van der Waals surface area contributed by atoms with Gasteiger partial charge in [0.05, 0.1) is 19.1 Å². The van der Waals surface area contributed by atoms with E-state index in [1.165, 1.54) is 7.11 Å². The molecule has 0 radical (unpaired) electrons. The molecule has 1 N–H and O–H groups in total. The van der Waals surface area contributed by atoms with Crippen molar-refractivity contribution in [3.05, 3.63) is 165 Å². The lowest BCUT2D eigenvalue weighted by atomic mass is 9.47. The first-order chi connectivity index (χ1) is 23.7. The second-order valence-electron chi connectivity index (χ2n) is 12.7. The first-order valence-corrected chi connectivity index (χ1v) is 17.5. The first-order valence-electron chi connectivity index (χ1n) is 15.9. The Morgan fingerprint density at radius 1 is 0.735 bits per heavy atom. The summed E-state index contributed by atoms with van der Waals surface area (Å²) in [6.45, 7) is 0. The molecule has 0 saturated heterocycles. The van der Waals surface area contributed by atoms with Crippen LogP contribution in [0, 0.1) is 22.7 Å². The number of hydrogen-bond acceptors (Lipinski definition) is 5. The molecule has 1 aliphatic rings. The van der Waals surface area contributed by atoms with E-state index in [4.69, 9.17) is 4.74 Å². The topological polar surface area (TPSA) is 87.4 Å². The van der Waals surface area contributed by atoms with Crippen LogP contribution in [0.1, 0.15) is 45.3 Å². The summed E-state index contributed by atoms with van der Waals surface area (Å²) in [5, 5.41) is 28.6. The minimum Gasteiger partial charge on any atom is -0.468 e. The van der Waals surface area contributed by atoms with Crippen LogP contribution < -0.4 is 0 Å². The fourth-order valence-electron chi connectivity index (χ4n) is 7.89. The van der Waals surface area contributed by atoms with Crippen LogP contribution in [0.15, 0.2) is 142 Å².